The van der Waals surface area contributed by atoms with Crippen LogP contribution in [0.15, 0.2) is 67.3 Å². The topological polar surface area (TPSA) is 69.5 Å². The van der Waals surface area contributed by atoms with Crippen LogP contribution < -0.4 is 4.74 Å². The molecule has 0 atom stereocenters. The van der Waals surface area contributed by atoms with Crippen molar-refractivity contribution in [2.75, 3.05) is 13.7 Å². The molecule has 0 saturated heterocycles. The van der Waals surface area contributed by atoms with Gasteiger partial charge in [0.1, 0.15) is 11.6 Å². The fourth-order valence-corrected chi connectivity index (χ4v) is 4.23. The van der Waals surface area contributed by atoms with E-state index in [-0.39, 0.29) is 12.3 Å². The van der Waals surface area contributed by atoms with Crippen molar-refractivity contribution >= 4 is 11.6 Å². The van der Waals surface area contributed by atoms with E-state index in [2.05, 4.69) is 14.4 Å². The number of aromatic nitrogens is 4. The predicted molar refractivity (Wildman–Crippen MR) is 127 cm³/mol. The van der Waals surface area contributed by atoms with Gasteiger partial charge in [0.25, 0.3) is 0 Å². The molecular formula is C26H24N6O2. The molecule has 5 rings (SSSR count). The Morgan fingerprint density at radius 2 is 1.97 bits per heavy atom. The van der Waals surface area contributed by atoms with Crippen LogP contribution in [0.25, 0.3) is 16.1 Å². The van der Waals surface area contributed by atoms with E-state index in [1.807, 2.05) is 52.1 Å². The van der Waals surface area contributed by atoms with Gasteiger partial charge in [0.2, 0.25) is 5.91 Å². The fourth-order valence-electron chi connectivity index (χ4n) is 4.23. The summed E-state index contributed by atoms with van der Waals surface area (Å²) in [6.45, 7) is 9.50. The molecule has 1 aliphatic heterocycles. The molecule has 1 aliphatic rings. The first-order valence-electron chi connectivity index (χ1n) is 11.1. The van der Waals surface area contributed by atoms with Crippen LogP contribution in [0.2, 0.25) is 0 Å². The van der Waals surface area contributed by atoms with Crippen LogP contribution in [0.1, 0.15) is 17.1 Å². The SMILES string of the molecule is [C-]#[N+]c1ccc(Cn2cncc2CC(=O)N2CCn3cc(-c4ccccc4OC)nc3C2)cc1. The normalized spacial score (nSPS) is 12.8. The second-order valence-corrected chi connectivity index (χ2v) is 8.22. The van der Waals surface area contributed by atoms with Crippen molar-refractivity contribution in [2.24, 2.45) is 0 Å². The Balaban J connectivity index is 1.27. The van der Waals surface area contributed by atoms with Gasteiger partial charge in [0.15, 0.2) is 5.69 Å². The summed E-state index contributed by atoms with van der Waals surface area (Å²) in [5.74, 6) is 1.70. The minimum atomic E-state index is 0.0539. The molecule has 8 nitrogen and oxygen atoms in total. The molecule has 0 aliphatic carbocycles. The first-order valence-corrected chi connectivity index (χ1v) is 11.1. The lowest BCUT2D eigenvalue weighted by Crippen LogP contribution is -2.39. The summed E-state index contributed by atoms with van der Waals surface area (Å²) in [5.41, 5.74) is 4.33. The number of rotatable bonds is 6. The van der Waals surface area contributed by atoms with Gasteiger partial charge in [0.05, 0.1) is 38.7 Å². The Labute approximate surface area is 197 Å². The Kier molecular flexibility index (Phi) is 5.83. The average Bonchev–Trinajstić information content (AvgIpc) is 3.50. The van der Waals surface area contributed by atoms with Crippen molar-refractivity contribution in [1.29, 1.82) is 0 Å². The van der Waals surface area contributed by atoms with E-state index in [9.17, 15) is 4.79 Å². The number of benzene rings is 2. The maximum atomic E-state index is 13.1. The average molecular weight is 453 g/mol. The van der Waals surface area contributed by atoms with E-state index in [1.165, 1.54) is 0 Å². The van der Waals surface area contributed by atoms with E-state index in [0.29, 0.717) is 31.9 Å². The van der Waals surface area contributed by atoms with Gasteiger partial charge in [-0.15, -0.1) is 0 Å². The lowest BCUT2D eigenvalue weighted by molar-refractivity contribution is -0.132. The monoisotopic (exact) mass is 452 g/mol. The maximum Gasteiger partial charge on any atom is 0.229 e. The molecular weight excluding hydrogens is 428 g/mol. The molecule has 34 heavy (non-hydrogen) atoms. The summed E-state index contributed by atoms with van der Waals surface area (Å²) >= 11 is 0. The van der Waals surface area contributed by atoms with Crippen molar-refractivity contribution in [3.63, 3.8) is 0 Å². The van der Waals surface area contributed by atoms with Gasteiger partial charge < -0.3 is 18.8 Å². The van der Waals surface area contributed by atoms with Crippen LogP contribution >= 0.6 is 0 Å². The van der Waals surface area contributed by atoms with Crippen LogP contribution in [0.4, 0.5) is 5.69 Å². The van der Waals surface area contributed by atoms with Gasteiger partial charge in [-0.2, -0.15) is 0 Å². The molecule has 1 amide bonds. The number of para-hydroxylation sites is 1. The molecule has 0 spiro atoms. The molecule has 170 valence electrons. The first-order chi connectivity index (χ1) is 16.6. The number of ether oxygens (including phenoxy) is 1. The molecule has 0 N–H and O–H groups in total. The largest absolute Gasteiger partial charge is 0.496 e. The van der Waals surface area contributed by atoms with Gasteiger partial charge in [-0.1, -0.05) is 36.4 Å². The van der Waals surface area contributed by atoms with Crippen molar-refractivity contribution in [3.05, 3.63) is 95.8 Å². The number of fused-ring (bicyclic) bond motifs is 1. The van der Waals surface area contributed by atoms with Crippen molar-refractivity contribution in [3.8, 4) is 17.0 Å². The van der Waals surface area contributed by atoms with E-state index < -0.39 is 0 Å². The lowest BCUT2D eigenvalue weighted by Gasteiger charge is -2.27. The van der Waals surface area contributed by atoms with E-state index >= 15 is 0 Å². The zero-order chi connectivity index (χ0) is 23.5. The second kappa shape index (κ2) is 9.24. The Morgan fingerprint density at radius 1 is 1.15 bits per heavy atom. The highest BCUT2D eigenvalue weighted by Gasteiger charge is 2.24. The molecule has 0 bridgehead atoms. The summed E-state index contributed by atoms with van der Waals surface area (Å²) < 4.78 is 9.58. The van der Waals surface area contributed by atoms with Gasteiger partial charge in [-0.25, -0.2) is 14.8 Å². The fraction of sp³-hybridized carbons (Fsp3) is 0.231. The molecule has 0 fully saturated rings. The van der Waals surface area contributed by atoms with Crippen LogP contribution in [0.3, 0.4) is 0 Å². The quantitative estimate of drug-likeness (QED) is 0.416. The van der Waals surface area contributed by atoms with Crippen molar-refractivity contribution in [1.82, 2.24) is 24.0 Å². The van der Waals surface area contributed by atoms with E-state index in [4.69, 9.17) is 16.3 Å². The number of carbonyl (C=O) groups excluding carboxylic acids is 1. The number of amides is 1. The molecule has 0 unspecified atom stereocenters. The number of hydrogen-bond acceptors (Lipinski definition) is 4. The minimum Gasteiger partial charge on any atom is -0.496 e. The Hall–Kier alpha value is -4.38. The number of methoxy groups -OCH3 is 1. The van der Waals surface area contributed by atoms with Crippen molar-refractivity contribution in [2.45, 2.75) is 26.1 Å². The van der Waals surface area contributed by atoms with E-state index in [0.717, 1.165) is 34.1 Å². The van der Waals surface area contributed by atoms with E-state index in [1.54, 1.807) is 31.8 Å². The third-order valence-electron chi connectivity index (χ3n) is 6.09. The summed E-state index contributed by atoms with van der Waals surface area (Å²) in [7, 11) is 1.66. The number of hydrogen-bond donors (Lipinski definition) is 0. The molecule has 2 aromatic carbocycles. The summed E-state index contributed by atoms with van der Waals surface area (Å²) in [4.78, 5) is 27.5. The van der Waals surface area contributed by atoms with Gasteiger partial charge >= 0.3 is 0 Å². The predicted octanol–water partition coefficient (Wildman–Crippen LogP) is 3.94. The molecule has 4 aromatic rings. The third kappa shape index (κ3) is 4.28. The number of carbonyl (C=O) groups is 1. The molecule has 2 aromatic heterocycles. The minimum absolute atomic E-state index is 0.0539. The van der Waals surface area contributed by atoms with Gasteiger partial charge in [-0.05, 0) is 17.7 Å². The van der Waals surface area contributed by atoms with Crippen LogP contribution in [-0.2, 0) is 30.8 Å². The zero-order valence-electron chi connectivity index (χ0n) is 18.9. The van der Waals surface area contributed by atoms with Crippen molar-refractivity contribution < 1.29 is 9.53 Å². The third-order valence-corrected chi connectivity index (χ3v) is 6.09. The molecule has 0 radical (unpaired) electrons. The Morgan fingerprint density at radius 3 is 2.76 bits per heavy atom. The highest BCUT2D eigenvalue weighted by molar-refractivity contribution is 5.78. The van der Waals surface area contributed by atoms with Gasteiger partial charge in [0, 0.05) is 43.3 Å². The highest BCUT2D eigenvalue weighted by atomic mass is 16.5. The van der Waals surface area contributed by atoms with Crippen LogP contribution in [0, 0.1) is 6.57 Å². The lowest BCUT2D eigenvalue weighted by atomic mass is 10.1. The van der Waals surface area contributed by atoms with Crippen LogP contribution in [-0.4, -0.2) is 43.6 Å². The maximum absolute atomic E-state index is 13.1. The Bertz CT molecular complexity index is 1360. The molecule has 0 saturated carbocycles. The number of imidazole rings is 2. The highest BCUT2D eigenvalue weighted by Crippen LogP contribution is 2.30. The standard InChI is InChI=1S/C26H24N6O2/c1-27-20-9-7-19(8-10-20)15-32-18-28-14-21(32)13-26(33)31-12-11-30-16-23(29-25(30)17-31)22-5-3-4-6-24(22)34-2/h3-10,14,16,18H,11-13,15,17H2,2H3. The summed E-state index contributed by atoms with van der Waals surface area (Å²) in [6, 6.07) is 15.3. The number of nitrogens with zero attached hydrogens (tertiary/aromatic N) is 6. The smallest absolute Gasteiger partial charge is 0.229 e. The summed E-state index contributed by atoms with van der Waals surface area (Å²) in [5, 5.41) is 0. The van der Waals surface area contributed by atoms with Gasteiger partial charge in [-0.3, -0.25) is 4.79 Å². The first kappa shape index (κ1) is 21.5. The molecule has 8 heteroatoms. The zero-order valence-corrected chi connectivity index (χ0v) is 18.9. The van der Waals surface area contributed by atoms with Crippen LogP contribution in [0.5, 0.6) is 5.75 Å². The molecule has 3 heterocycles. The summed E-state index contributed by atoms with van der Waals surface area (Å²) in [6.07, 6.45) is 5.80. The second-order valence-electron chi connectivity index (χ2n) is 8.22.